The highest BCUT2D eigenvalue weighted by atomic mass is 35.5. The summed E-state index contributed by atoms with van der Waals surface area (Å²) >= 11 is 4.74. The first kappa shape index (κ1) is 11.9. The quantitative estimate of drug-likeness (QED) is 0.490. The van der Waals surface area contributed by atoms with Crippen molar-refractivity contribution in [1.82, 2.24) is 0 Å². The van der Waals surface area contributed by atoms with E-state index in [1.165, 1.54) is 0 Å². The van der Waals surface area contributed by atoms with E-state index >= 15 is 0 Å². The predicted molar refractivity (Wildman–Crippen MR) is 42.4 cm³/mol. The number of halogens is 5. The molecule has 0 bridgehead atoms. The molecular weight excluding hydrogens is 240 g/mol. The van der Waals surface area contributed by atoms with Crippen LogP contribution in [0.3, 0.4) is 0 Å². The highest BCUT2D eigenvalue weighted by Gasteiger charge is 2.27. The maximum Gasteiger partial charge on any atom is 0.258 e. The Morgan fingerprint density at radius 2 is 1.47 bits per heavy atom. The molecular formula is C8H3ClF4O2. The van der Waals surface area contributed by atoms with E-state index in [9.17, 15) is 22.4 Å². The minimum Gasteiger partial charge on any atom is -0.391 e. The van der Waals surface area contributed by atoms with Crippen molar-refractivity contribution in [3.8, 4) is 0 Å². The Hall–Kier alpha value is -1.14. The Kier molecular flexibility index (Phi) is 3.31. The Labute approximate surface area is 86.1 Å². The minimum atomic E-state index is -1.92. The number of benzene rings is 1. The zero-order chi connectivity index (χ0) is 11.7. The van der Waals surface area contributed by atoms with Gasteiger partial charge in [0.05, 0.1) is 12.2 Å². The van der Waals surface area contributed by atoms with E-state index in [0.717, 1.165) is 0 Å². The third kappa shape index (κ3) is 1.82. The molecule has 82 valence electrons. The summed E-state index contributed by atoms with van der Waals surface area (Å²) in [5, 5.41) is 6.79. The molecule has 0 aromatic heterocycles. The molecule has 0 saturated heterocycles. The van der Waals surface area contributed by atoms with Crippen molar-refractivity contribution in [2.24, 2.45) is 0 Å². The molecule has 0 fully saturated rings. The van der Waals surface area contributed by atoms with E-state index in [2.05, 4.69) is 0 Å². The first-order valence-corrected chi connectivity index (χ1v) is 3.95. The van der Waals surface area contributed by atoms with Gasteiger partial charge in [0.25, 0.3) is 5.24 Å². The molecule has 15 heavy (non-hydrogen) atoms. The third-order valence-electron chi connectivity index (χ3n) is 1.71. The van der Waals surface area contributed by atoms with Crippen LogP contribution in [0.25, 0.3) is 0 Å². The zero-order valence-corrected chi connectivity index (χ0v) is 7.71. The van der Waals surface area contributed by atoms with Crippen molar-refractivity contribution >= 4 is 16.8 Å². The number of aliphatic hydroxyl groups excluding tert-OH is 1. The molecule has 7 heteroatoms. The smallest absolute Gasteiger partial charge is 0.258 e. The second-order valence-electron chi connectivity index (χ2n) is 2.54. The summed E-state index contributed by atoms with van der Waals surface area (Å²) in [4.78, 5) is 10.5. The second-order valence-corrected chi connectivity index (χ2v) is 2.88. The van der Waals surface area contributed by atoms with Gasteiger partial charge in [-0.25, -0.2) is 17.6 Å². The van der Waals surface area contributed by atoms with E-state index in [1.807, 2.05) is 0 Å². The van der Waals surface area contributed by atoms with Gasteiger partial charge in [0.15, 0.2) is 23.3 Å². The van der Waals surface area contributed by atoms with E-state index < -0.39 is 46.2 Å². The lowest BCUT2D eigenvalue weighted by Crippen LogP contribution is -2.10. The van der Waals surface area contributed by atoms with Gasteiger partial charge >= 0.3 is 0 Å². The molecule has 0 radical (unpaired) electrons. The number of carbonyl (C=O) groups is 1. The Morgan fingerprint density at radius 3 is 1.73 bits per heavy atom. The summed E-state index contributed by atoms with van der Waals surface area (Å²) in [5.74, 6) is -7.50. The lowest BCUT2D eigenvalue weighted by molar-refractivity contribution is 0.107. The van der Waals surface area contributed by atoms with Crippen LogP contribution < -0.4 is 0 Å². The number of carbonyl (C=O) groups excluding carboxylic acids is 1. The Morgan fingerprint density at radius 1 is 1.07 bits per heavy atom. The molecule has 0 amide bonds. The number of aliphatic hydroxyl groups is 1. The maximum absolute atomic E-state index is 12.9. The summed E-state index contributed by atoms with van der Waals surface area (Å²) in [6, 6.07) is 0. The fourth-order valence-corrected chi connectivity index (χ4v) is 1.15. The average molecular weight is 243 g/mol. The molecule has 0 unspecified atom stereocenters. The second kappa shape index (κ2) is 4.16. The van der Waals surface area contributed by atoms with Crippen LogP contribution in [-0.4, -0.2) is 10.3 Å². The maximum atomic E-state index is 12.9. The summed E-state index contributed by atoms with van der Waals surface area (Å²) in [7, 11) is 0. The minimum absolute atomic E-state index is 1.19. The molecule has 0 aliphatic rings. The van der Waals surface area contributed by atoms with E-state index in [-0.39, 0.29) is 0 Å². The predicted octanol–water partition coefficient (Wildman–Crippen LogP) is 2.11. The van der Waals surface area contributed by atoms with Gasteiger partial charge in [-0.15, -0.1) is 0 Å². The molecule has 0 aliphatic heterocycles. The van der Waals surface area contributed by atoms with E-state index in [0.29, 0.717) is 0 Å². The highest BCUT2D eigenvalue weighted by Crippen LogP contribution is 2.25. The number of hydrogen-bond donors (Lipinski definition) is 1. The fourth-order valence-electron chi connectivity index (χ4n) is 0.989. The van der Waals surface area contributed by atoms with Gasteiger partial charge in [-0.1, -0.05) is 0 Å². The normalized spacial score (nSPS) is 10.5. The monoisotopic (exact) mass is 242 g/mol. The molecule has 2 nitrogen and oxygen atoms in total. The molecule has 0 atom stereocenters. The molecule has 1 N–H and O–H groups in total. The lowest BCUT2D eigenvalue weighted by Gasteiger charge is -2.07. The van der Waals surface area contributed by atoms with Gasteiger partial charge in [0.1, 0.15) is 5.56 Å². The highest BCUT2D eigenvalue weighted by molar-refractivity contribution is 6.67. The van der Waals surface area contributed by atoms with E-state index in [4.69, 9.17) is 16.7 Å². The Bertz CT molecular complexity index is 404. The summed E-state index contributed by atoms with van der Waals surface area (Å²) in [6.45, 7) is -1.23. The van der Waals surface area contributed by atoms with Crippen molar-refractivity contribution in [2.45, 2.75) is 6.61 Å². The largest absolute Gasteiger partial charge is 0.391 e. The van der Waals surface area contributed by atoms with Gasteiger partial charge in [-0.05, 0) is 11.6 Å². The number of rotatable bonds is 2. The standard InChI is InChI=1S/C8H3ClF4O2/c9-8(15)3-6(12)4(10)2(1-14)5(11)7(3)13/h14H,1H2. The van der Waals surface area contributed by atoms with Crippen LogP contribution in [0, 0.1) is 23.3 Å². The molecule has 1 aromatic carbocycles. The molecule has 1 aromatic rings. The van der Waals surface area contributed by atoms with Gasteiger partial charge in [-0.3, -0.25) is 4.79 Å². The van der Waals surface area contributed by atoms with Crippen molar-refractivity contribution in [3.05, 3.63) is 34.4 Å². The Balaban J connectivity index is 3.66. The van der Waals surface area contributed by atoms with Crippen LogP contribution >= 0.6 is 11.6 Å². The number of hydrogen-bond acceptors (Lipinski definition) is 2. The molecule has 0 spiro atoms. The van der Waals surface area contributed by atoms with Gasteiger partial charge in [0.2, 0.25) is 0 Å². The van der Waals surface area contributed by atoms with Crippen LogP contribution in [0.15, 0.2) is 0 Å². The molecule has 0 saturated carbocycles. The van der Waals surface area contributed by atoms with Crippen molar-refractivity contribution in [2.75, 3.05) is 0 Å². The lowest BCUT2D eigenvalue weighted by atomic mass is 10.1. The van der Waals surface area contributed by atoms with Gasteiger partial charge in [-0.2, -0.15) is 0 Å². The van der Waals surface area contributed by atoms with Gasteiger partial charge in [0, 0.05) is 0 Å². The van der Waals surface area contributed by atoms with Crippen LogP contribution in [-0.2, 0) is 6.61 Å². The summed E-state index contributed by atoms with van der Waals surface area (Å²) in [6.07, 6.45) is 0. The van der Waals surface area contributed by atoms with Crippen LogP contribution in [0.4, 0.5) is 17.6 Å². The topological polar surface area (TPSA) is 37.3 Å². The van der Waals surface area contributed by atoms with Crippen LogP contribution in [0.5, 0.6) is 0 Å². The van der Waals surface area contributed by atoms with E-state index in [1.54, 1.807) is 0 Å². The zero-order valence-electron chi connectivity index (χ0n) is 6.95. The summed E-state index contributed by atoms with van der Waals surface area (Å²) in [5.41, 5.74) is -2.70. The first-order valence-electron chi connectivity index (χ1n) is 3.57. The van der Waals surface area contributed by atoms with Crippen molar-refractivity contribution < 1.29 is 27.5 Å². The van der Waals surface area contributed by atoms with Crippen molar-refractivity contribution in [1.29, 1.82) is 0 Å². The molecule has 1 rings (SSSR count). The average Bonchev–Trinajstić information content (AvgIpc) is 2.16. The van der Waals surface area contributed by atoms with Crippen molar-refractivity contribution in [3.63, 3.8) is 0 Å². The van der Waals surface area contributed by atoms with Crippen LogP contribution in [0.2, 0.25) is 0 Å². The van der Waals surface area contributed by atoms with Crippen LogP contribution in [0.1, 0.15) is 15.9 Å². The SMILES string of the molecule is O=C(Cl)c1c(F)c(F)c(CO)c(F)c1F. The third-order valence-corrected chi connectivity index (χ3v) is 1.90. The molecule has 0 heterocycles. The fraction of sp³-hybridized carbons (Fsp3) is 0.125. The molecule has 0 aliphatic carbocycles. The first-order chi connectivity index (χ1) is 6.91. The van der Waals surface area contributed by atoms with Gasteiger partial charge < -0.3 is 5.11 Å². The summed E-state index contributed by atoms with van der Waals surface area (Å²) < 4.78 is 51.7.